The Balaban J connectivity index is 1.89. The number of nitrogens with zero attached hydrogens (tertiary/aromatic N) is 3. The van der Waals surface area contributed by atoms with Crippen molar-refractivity contribution >= 4 is 17.6 Å². The lowest BCUT2D eigenvalue weighted by Gasteiger charge is -2.10. The lowest BCUT2D eigenvalue weighted by atomic mass is 10.2. The van der Waals surface area contributed by atoms with Crippen LogP contribution in [-0.2, 0) is 0 Å². The van der Waals surface area contributed by atoms with Crippen molar-refractivity contribution in [2.75, 3.05) is 6.61 Å². The maximum atomic E-state index is 10.9. The number of hydrogen-bond acceptors (Lipinski definition) is 4. The molecule has 0 aliphatic rings. The standard InChI is InChI=1S/C21H21N3O3/c1-4-27-21-10-8-19(9-11-21)23-15(2)12-17(16(23)3)14-22-18-6-5-7-20(13-18)24(25)26/h5-14H,4H2,1-3H3. The zero-order valence-corrected chi connectivity index (χ0v) is 15.5. The summed E-state index contributed by atoms with van der Waals surface area (Å²) in [6.45, 7) is 6.66. The fourth-order valence-corrected chi connectivity index (χ4v) is 3.00. The minimum atomic E-state index is -0.420. The van der Waals surface area contributed by atoms with Gasteiger partial charge in [0.15, 0.2) is 0 Å². The fraction of sp³-hybridized carbons (Fsp3) is 0.190. The summed E-state index contributed by atoms with van der Waals surface area (Å²) >= 11 is 0. The zero-order chi connectivity index (χ0) is 19.4. The van der Waals surface area contributed by atoms with Crippen LogP contribution in [0.15, 0.2) is 59.6 Å². The molecule has 3 aromatic rings. The Morgan fingerprint density at radius 2 is 1.89 bits per heavy atom. The quantitative estimate of drug-likeness (QED) is 0.345. The first kappa shape index (κ1) is 18.4. The van der Waals surface area contributed by atoms with E-state index in [1.807, 2.05) is 51.1 Å². The van der Waals surface area contributed by atoms with Crippen molar-refractivity contribution in [2.45, 2.75) is 20.8 Å². The number of rotatable bonds is 6. The average molecular weight is 363 g/mol. The first-order valence-electron chi connectivity index (χ1n) is 8.70. The Morgan fingerprint density at radius 3 is 2.56 bits per heavy atom. The van der Waals surface area contributed by atoms with Gasteiger partial charge < -0.3 is 9.30 Å². The summed E-state index contributed by atoms with van der Waals surface area (Å²) in [4.78, 5) is 14.9. The van der Waals surface area contributed by atoms with E-state index in [2.05, 4.69) is 9.56 Å². The molecule has 0 saturated heterocycles. The number of hydrogen-bond donors (Lipinski definition) is 0. The minimum absolute atomic E-state index is 0.0320. The molecule has 0 atom stereocenters. The largest absolute Gasteiger partial charge is 0.494 e. The Labute approximate surface area is 157 Å². The maximum Gasteiger partial charge on any atom is 0.271 e. The number of nitro groups is 1. The molecule has 0 bridgehead atoms. The summed E-state index contributed by atoms with van der Waals surface area (Å²) < 4.78 is 7.64. The van der Waals surface area contributed by atoms with Crippen LogP contribution in [0.1, 0.15) is 23.9 Å². The molecule has 1 heterocycles. The van der Waals surface area contributed by atoms with Crippen LogP contribution < -0.4 is 4.74 Å². The number of aryl methyl sites for hydroxylation is 1. The molecule has 0 radical (unpaired) electrons. The molecule has 0 unspecified atom stereocenters. The van der Waals surface area contributed by atoms with Gasteiger partial charge in [-0.1, -0.05) is 6.07 Å². The predicted octanol–water partition coefficient (Wildman–Crippen LogP) is 5.15. The molecule has 138 valence electrons. The number of benzene rings is 2. The van der Waals surface area contributed by atoms with Gasteiger partial charge in [-0.15, -0.1) is 0 Å². The molecule has 27 heavy (non-hydrogen) atoms. The molecule has 3 rings (SSSR count). The Kier molecular flexibility index (Phi) is 5.35. The van der Waals surface area contributed by atoms with Crippen LogP contribution in [0.2, 0.25) is 0 Å². The van der Waals surface area contributed by atoms with E-state index in [9.17, 15) is 10.1 Å². The van der Waals surface area contributed by atoms with Crippen molar-refractivity contribution in [3.05, 3.63) is 81.7 Å². The van der Waals surface area contributed by atoms with Crippen LogP contribution in [-0.4, -0.2) is 22.3 Å². The number of non-ortho nitro benzene ring substituents is 1. The highest BCUT2D eigenvalue weighted by molar-refractivity contribution is 5.84. The first-order chi connectivity index (χ1) is 13.0. The summed E-state index contributed by atoms with van der Waals surface area (Å²) in [6, 6.07) is 16.3. The molecule has 0 amide bonds. The van der Waals surface area contributed by atoms with E-state index in [1.165, 1.54) is 12.1 Å². The Morgan fingerprint density at radius 1 is 1.15 bits per heavy atom. The van der Waals surface area contributed by atoms with E-state index in [0.29, 0.717) is 12.3 Å². The topological polar surface area (TPSA) is 69.7 Å². The van der Waals surface area contributed by atoms with Crippen LogP contribution in [0.3, 0.4) is 0 Å². The summed E-state index contributed by atoms with van der Waals surface area (Å²) in [5.41, 5.74) is 4.72. The van der Waals surface area contributed by atoms with Gasteiger partial charge in [0.25, 0.3) is 5.69 Å². The second-order valence-corrected chi connectivity index (χ2v) is 6.12. The van der Waals surface area contributed by atoms with E-state index >= 15 is 0 Å². The van der Waals surface area contributed by atoms with E-state index in [0.717, 1.165) is 28.4 Å². The van der Waals surface area contributed by atoms with Crippen molar-refractivity contribution in [1.82, 2.24) is 4.57 Å². The van der Waals surface area contributed by atoms with E-state index in [1.54, 1.807) is 18.3 Å². The molecule has 0 N–H and O–H groups in total. The zero-order valence-electron chi connectivity index (χ0n) is 15.5. The van der Waals surface area contributed by atoms with Gasteiger partial charge in [-0.2, -0.15) is 0 Å². The smallest absolute Gasteiger partial charge is 0.271 e. The third-order valence-corrected chi connectivity index (χ3v) is 4.27. The Hall–Kier alpha value is -3.41. The number of ether oxygens (including phenoxy) is 1. The second-order valence-electron chi connectivity index (χ2n) is 6.12. The first-order valence-corrected chi connectivity index (χ1v) is 8.70. The highest BCUT2D eigenvalue weighted by Gasteiger charge is 2.10. The molecule has 6 nitrogen and oxygen atoms in total. The molecule has 6 heteroatoms. The van der Waals surface area contributed by atoms with Crippen molar-refractivity contribution in [1.29, 1.82) is 0 Å². The van der Waals surface area contributed by atoms with Gasteiger partial charge in [0.1, 0.15) is 5.75 Å². The molecule has 0 aliphatic heterocycles. The summed E-state index contributed by atoms with van der Waals surface area (Å²) in [5, 5.41) is 10.9. The summed E-state index contributed by atoms with van der Waals surface area (Å²) in [7, 11) is 0. The van der Waals surface area contributed by atoms with E-state index in [-0.39, 0.29) is 5.69 Å². The van der Waals surface area contributed by atoms with Gasteiger partial charge in [0, 0.05) is 41.0 Å². The van der Waals surface area contributed by atoms with Crippen LogP contribution >= 0.6 is 0 Å². The molecule has 0 saturated carbocycles. The van der Waals surface area contributed by atoms with Gasteiger partial charge >= 0.3 is 0 Å². The summed E-state index contributed by atoms with van der Waals surface area (Å²) in [5.74, 6) is 0.844. The molecule has 1 aromatic heterocycles. The van der Waals surface area contributed by atoms with Gasteiger partial charge in [0.05, 0.1) is 17.2 Å². The van der Waals surface area contributed by atoms with Crippen LogP contribution in [0.5, 0.6) is 5.75 Å². The number of aliphatic imine (C=N–C) groups is 1. The third-order valence-electron chi connectivity index (χ3n) is 4.27. The Bertz CT molecular complexity index is 988. The van der Waals surface area contributed by atoms with Gasteiger partial charge in [-0.25, -0.2) is 0 Å². The fourth-order valence-electron chi connectivity index (χ4n) is 3.00. The molecule has 0 aliphatic carbocycles. The normalized spacial score (nSPS) is 11.1. The highest BCUT2D eigenvalue weighted by atomic mass is 16.6. The maximum absolute atomic E-state index is 10.9. The number of nitro benzene ring substituents is 1. The van der Waals surface area contributed by atoms with Gasteiger partial charge in [-0.3, -0.25) is 15.1 Å². The second kappa shape index (κ2) is 7.86. The summed E-state index contributed by atoms with van der Waals surface area (Å²) in [6.07, 6.45) is 1.74. The minimum Gasteiger partial charge on any atom is -0.494 e. The molecule has 2 aromatic carbocycles. The lowest BCUT2D eigenvalue weighted by Crippen LogP contribution is -2.00. The van der Waals surface area contributed by atoms with Crippen LogP contribution in [0.4, 0.5) is 11.4 Å². The molecular formula is C21H21N3O3. The highest BCUT2D eigenvalue weighted by Crippen LogP contribution is 2.24. The monoisotopic (exact) mass is 363 g/mol. The van der Waals surface area contributed by atoms with Crippen molar-refractivity contribution in [2.24, 2.45) is 4.99 Å². The van der Waals surface area contributed by atoms with E-state index < -0.39 is 4.92 Å². The van der Waals surface area contributed by atoms with Crippen LogP contribution in [0, 0.1) is 24.0 Å². The van der Waals surface area contributed by atoms with Crippen molar-refractivity contribution in [3.63, 3.8) is 0 Å². The molecule has 0 spiro atoms. The van der Waals surface area contributed by atoms with Crippen molar-refractivity contribution < 1.29 is 9.66 Å². The van der Waals surface area contributed by atoms with E-state index in [4.69, 9.17) is 4.74 Å². The third kappa shape index (κ3) is 4.06. The molecule has 0 fully saturated rings. The SMILES string of the molecule is CCOc1ccc(-n2c(C)cc(C=Nc3cccc([N+](=O)[O-])c3)c2C)cc1. The lowest BCUT2D eigenvalue weighted by molar-refractivity contribution is -0.384. The van der Waals surface area contributed by atoms with Gasteiger partial charge in [-0.05, 0) is 57.2 Å². The van der Waals surface area contributed by atoms with Gasteiger partial charge in [0.2, 0.25) is 0 Å². The van der Waals surface area contributed by atoms with Crippen LogP contribution in [0.25, 0.3) is 5.69 Å². The predicted molar refractivity (Wildman–Crippen MR) is 107 cm³/mol. The van der Waals surface area contributed by atoms with Crippen molar-refractivity contribution in [3.8, 4) is 11.4 Å². The molecular weight excluding hydrogens is 342 g/mol. The average Bonchev–Trinajstić information content (AvgIpc) is 2.95. The number of aromatic nitrogens is 1.